The monoisotopic (exact) mass is 626 g/mol. The van der Waals surface area contributed by atoms with Crippen LogP contribution in [0.4, 0.5) is 0 Å². The third kappa shape index (κ3) is 14.0. The molecule has 1 aromatic carbocycles. The number of hydrogen-bond donors (Lipinski definition) is 0. The van der Waals surface area contributed by atoms with Gasteiger partial charge in [0.15, 0.2) is 0 Å². The third-order valence-corrected chi connectivity index (χ3v) is 9.79. The molecule has 0 aliphatic heterocycles. The van der Waals surface area contributed by atoms with Gasteiger partial charge in [0, 0.05) is 17.5 Å². The molecule has 0 saturated carbocycles. The molecule has 2 atom stereocenters. The molecule has 0 amide bonds. The van der Waals surface area contributed by atoms with E-state index in [-0.39, 0.29) is 32.7 Å². The van der Waals surface area contributed by atoms with Gasteiger partial charge in [0.05, 0.1) is 0 Å². The summed E-state index contributed by atoms with van der Waals surface area (Å²) in [6.07, 6.45) is 24.0. The summed E-state index contributed by atoms with van der Waals surface area (Å²) in [6.45, 7) is 30.0. The van der Waals surface area contributed by atoms with E-state index in [1.807, 2.05) is 0 Å². The molecule has 0 radical (unpaired) electrons. The van der Waals surface area contributed by atoms with Gasteiger partial charge in [-0.3, -0.25) is 4.90 Å². The fourth-order valence-electron chi connectivity index (χ4n) is 7.33. The molecule has 2 unspecified atom stereocenters. The number of allylic oxidation sites excluding steroid dienone is 4. The number of hydrogen-bond acceptors (Lipinski definition) is 1. The molecule has 0 fully saturated rings. The van der Waals surface area contributed by atoms with Crippen molar-refractivity contribution in [2.45, 2.75) is 176 Å². The Labute approximate surface area is 285 Å². The Kier molecular flexibility index (Phi) is 22.1. The second kappa shape index (κ2) is 22.6. The number of rotatable bonds is 20. The summed E-state index contributed by atoms with van der Waals surface area (Å²) in [5, 5.41) is 0. The minimum Gasteiger partial charge on any atom is -0.295 e. The van der Waals surface area contributed by atoms with Crippen LogP contribution in [0.25, 0.3) is 5.57 Å². The van der Waals surface area contributed by atoms with E-state index in [1.54, 1.807) is 23.3 Å². The molecule has 1 aliphatic rings. The summed E-state index contributed by atoms with van der Waals surface area (Å²) in [6, 6.07) is 9.84. The van der Waals surface area contributed by atoms with Crippen LogP contribution >= 0.6 is 0 Å². The summed E-state index contributed by atoms with van der Waals surface area (Å²) >= 11 is 0. The first kappa shape index (κ1) is 42.1. The van der Waals surface area contributed by atoms with Crippen LogP contribution in [0.2, 0.25) is 0 Å². The Bertz CT molecular complexity index is 912. The zero-order valence-electron chi connectivity index (χ0n) is 30.3. The Balaban J connectivity index is 0.00000331. The molecule has 43 heavy (non-hydrogen) atoms. The van der Waals surface area contributed by atoms with Gasteiger partial charge in [-0.15, -0.1) is 0 Å². The molecule has 1 aliphatic carbocycles. The summed E-state index contributed by atoms with van der Waals surface area (Å²) in [5.41, 5.74) is 6.53. The summed E-state index contributed by atoms with van der Waals surface area (Å²) in [4.78, 5) is 2.94. The molecule has 0 heterocycles. The predicted molar refractivity (Wildman–Crippen MR) is 192 cm³/mol. The van der Waals surface area contributed by atoms with Crippen LogP contribution in [0, 0.1) is 5.41 Å². The van der Waals surface area contributed by atoms with E-state index < -0.39 is 0 Å². The van der Waals surface area contributed by atoms with Crippen molar-refractivity contribution in [3.63, 3.8) is 0 Å². The summed E-state index contributed by atoms with van der Waals surface area (Å²) in [5.74, 6) is 0.507. The fraction of sp³-hybridized carbons (Fsp3) is 0.707. The van der Waals surface area contributed by atoms with Crippen molar-refractivity contribution in [2.75, 3.05) is 6.54 Å². The average molecular weight is 626 g/mol. The van der Waals surface area contributed by atoms with Crippen molar-refractivity contribution in [2.24, 2.45) is 5.41 Å². The second-order valence-corrected chi connectivity index (χ2v) is 14.5. The number of fused-ring (bicyclic) bond motifs is 1. The van der Waals surface area contributed by atoms with Crippen LogP contribution in [0.5, 0.6) is 0 Å². The maximum absolute atomic E-state index is 3.36. The zero-order valence-corrected chi connectivity index (χ0v) is 31.9. The topological polar surface area (TPSA) is 3.24 Å². The van der Waals surface area contributed by atoms with Crippen LogP contribution in [0.3, 0.4) is 0 Å². The molecule has 240 valence electrons. The minimum atomic E-state index is 0. The minimum absolute atomic E-state index is 0. The van der Waals surface area contributed by atoms with Crippen molar-refractivity contribution >= 4 is 5.57 Å². The molecule has 0 N–H and O–H groups in total. The van der Waals surface area contributed by atoms with E-state index in [4.69, 9.17) is 0 Å². The van der Waals surface area contributed by atoms with Crippen LogP contribution in [-0.4, -0.2) is 23.0 Å². The van der Waals surface area contributed by atoms with E-state index in [9.17, 15) is 0 Å². The van der Waals surface area contributed by atoms with Crippen molar-refractivity contribution in [3.8, 4) is 0 Å². The Morgan fingerprint density at radius 1 is 0.721 bits per heavy atom. The zero-order chi connectivity index (χ0) is 31.6. The van der Waals surface area contributed by atoms with E-state index in [0.717, 1.165) is 0 Å². The molecule has 0 aromatic heterocycles. The van der Waals surface area contributed by atoms with Gasteiger partial charge < -0.3 is 0 Å². The van der Waals surface area contributed by atoms with Crippen molar-refractivity contribution < 1.29 is 21.7 Å². The van der Waals surface area contributed by atoms with E-state index in [0.29, 0.717) is 12.0 Å². The van der Waals surface area contributed by atoms with Gasteiger partial charge in [-0.1, -0.05) is 166 Å². The molecule has 0 saturated heterocycles. The molecular weight excluding hydrogens is 554 g/mol. The maximum Gasteiger partial charge on any atom is 4.00 e. The van der Waals surface area contributed by atoms with E-state index in [1.165, 1.54) is 114 Å². The van der Waals surface area contributed by atoms with Crippen molar-refractivity contribution in [1.82, 2.24) is 4.90 Å². The summed E-state index contributed by atoms with van der Waals surface area (Å²) in [7, 11) is 0. The fourth-order valence-corrected chi connectivity index (χ4v) is 7.33. The third-order valence-electron chi connectivity index (χ3n) is 9.79. The molecule has 2 rings (SSSR count). The molecule has 2 heteroatoms. The molecule has 1 nitrogen and oxygen atoms in total. The largest absolute Gasteiger partial charge is 4.00 e. The van der Waals surface area contributed by atoms with Crippen LogP contribution in [0.1, 0.15) is 176 Å². The Hall–Kier alpha value is -0.886. The Morgan fingerprint density at radius 2 is 1.19 bits per heavy atom. The van der Waals surface area contributed by atoms with Crippen LogP contribution < -0.4 is 0 Å². The molecular formula is C41H71NTi+4. The van der Waals surface area contributed by atoms with Gasteiger partial charge in [-0.05, 0) is 76.1 Å². The number of unbranched alkanes of at least 4 members (excludes halogenated alkanes) is 12. The maximum atomic E-state index is 3.36. The van der Waals surface area contributed by atoms with Gasteiger partial charge in [0.2, 0.25) is 0 Å². The normalized spacial score (nSPS) is 15.4. The standard InChI is InChI=1S/C37H65N.C4H6.Ti/c1-10-12-14-16-18-19-21-25-29-38(36(5,6)7)34(28-22-20-17-15-13-11-2)37(8,9)35-31(4)30(3)32-26-23-24-27-33(32)35;1-3-4-2;/h23-24,26-27,34-35H,10-22,25,28-29H2,1-9H3;3-4H,1-2H2;/q;;+4. The van der Waals surface area contributed by atoms with Crippen molar-refractivity contribution in [1.29, 1.82) is 0 Å². The molecule has 1 aromatic rings. The van der Waals surface area contributed by atoms with Gasteiger partial charge in [0.1, 0.15) is 0 Å². The smallest absolute Gasteiger partial charge is 0.295 e. The van der Waals surface area contributed by atoms with E-state index >= 15 is 0 Å². The first-order chi connectivity index (χ1) is 20.0. The summed E-state index contributed by atoms with van der Waals surface area (Å²) < 4.78 is 0. The second-order valence-electron chi connectivity index (χ2n) is 14.5. The number of benzene rings is 1. The van der Waals surface area contributed by atoms with Crippen LogP contribution in [0.15, 0.2) is 55.1 Å². The average Bonchev–Trinajstić information content (AvgIpc) is 3.22. The predicted octanol–water partition coefficient (Wildman–Crippen LogP) is 13.3. The van der Waals surface area contributed by atoms with Gasteiger partial charge in [0.25, 0.3) is 0 Å². The number of nitrogens with zero attached hydrogens (tertiary/aromatic N) is 1. The molecule has 0 spiro atoms. The van der Waals surface area contributed by atoms with Crippen molar-refractivity contribution in [3.05, 3.63) is 66.3 Å². The van der Waals surface area contributed by atoms with Gasteiger partial charge in [-0.25, -0.2) is 0 Å². The first-order valence-corrected chi connectivity index (χ1v) is 17.8. The first-order valence-electron chi connectivity index (χ1n) is 17.8. The van der Waals surface area contributed by atoms with Gasteiger partial charge in [-0.2, -0.15) is 0 Å². The quantitative estimate of drug-likeness (QED) is 0.0791. The van der Waals surface area contributed by atoms with Gasteiger partial charge >= 0.3 is 21.7 Å². The molecule has 0 bridgehead atoms. The van der Waals surface area contributed by atoms with E-state index in [2.05, 4.69) is 105 Å². The Morgan fingerprint density at radius 3 is 1.67 bits per heavy atom. The SMILES string of the molecule is C=CC=C.CCCCCCCCCCN(C(CCCCCCCC)C(C)(C)C1C(C)=C(C)c2ccccc21)C(C)(C)C.[Ti+4]. The van der Waals surface area contributed by atoms with Crippen LogP contribution in [-0.2, 0) is 21.7 Å².